The molecule has 5 heteroatoms. The normalized spacial score (nSPS) is 11.4. The number of nitrogens with two attached hydrogens (primary N) is 1. The van der Waals surface area contributed by atoms with E-state index in [9.17, 15) is 13.2 Å². The molecule has 0 aliphatic heterocycles. The Morgan fingerprint density at radius 2 is 1.71 bits per heavy atom. The summed E-state index contributed by atoms with van der Waals surface area (Å²) >= 11 is 0. The lowest BCUT2D eigenvalue weighted by molar-refractivity contribution is 0.103. The van der Waals surface area contributed by atoms with Gasteiger partial charge in [-0.15, -0.1) is 0 Å². The molecule has 0 bridgehead atoms. The predicted octanol–water partition coefficient (Wildman–Crippen LogP) is 2.52. The Bertz CT molecular complexity index is 823. The van der Waals surface area contributed by atoms with Crippen molar-refractivity contribution in [1.29, 1.82) is 0 Å². The van der Waals surface area contributed by atoms with Gasteiger partial charge in [-0.2, -0.15) is 0 Å². The van der Waals surface area contributed by atoms with Gasteiger partial charge in [0.15, 0.2) is 15.6 Å². The zero-order valence-corrected chi connectivity index (χ0v) is 13.0. The summed E-state index contributed by atoms with van der Waals surface area (Å²) < 4.78 is 23.3. The van der Waals surface area contributed by atoms with Crippen LogP contribution in [0.25, 0.3) is 0 Å². The molecular formula is C16H17NO3S. The number of ketones is 1. The molecule has 0 atom stereocenters. The molecule has 0 spiro atoms. The number of hydrogen-bond donors (Lipinski definition) is 1. The van der Waals surface area contributed by atoms with E-state index in [2.05, 4.69) is 0 Å². The van der Waals surface area contributed by atoms with Crippen LogP contribution >= 0.6 is 0 Å². The second-order valence-electron chi connectivity index (χ2n) is 5.21. The first-order valence-electron chi connectivity index (χ1n) is 6.41. The largest absolute Gasteiger partial charge is 0.399 e. The number of carbonyl (C=O) groups excluding carboxylic acids is 1. The SMILES string of the molecule is Cc1ccc(C)c(C(=O)c2cc(N)cc(S(C)(=O)=O)c2)c1. The average Bonchev–Trinajstić information content (AvgIpc) is 2.39. The van der Waals surface area contributed by atoms with Gasteiger partial charge in [0.1, 0.15) is 0 Å². The van der Waals surface area contributed by atoms with Crippen molar-refractivity contribution in [1.82, 2.24) is 0 Å². The highest BCUT2D eigenvalue weighted by atomic mass is 32.2. The van der Waals surface area contributed by atoms with Gasteiger partial charge in [-0.3, -0.25) is 4.79 Å². The van der Waals surface area contributed by atoms with Crippen molar-refractivity contribution in [2.45, 2.75) is 18.7 Å². The molecule has 0 saturated heterocycles. The maximum atomic E-state index is 12.6. The van der Waals surface area contributed by atoms with Crippen LogP contribution in [0.3, 0.4) is 0 Å². The molecule has 2 N–H and O–H groups in total. The number of rotatable bonds is 3. The van der Waals surface area contributed by atoms with Gasteiger partial charge < -0.3 is 5.73 Å². The third-order valence-corrected chi connectivity index (χ3v) is 4.35. The Morgan fingerprint density at radius 3 is 2.33 bits per heavy atom. The standard InChI is InChI=1S/C16H17NO3S/c1-10-4-5-11(2)15(6-10)16(18)12-7-13(17)9-14(8-12)21(3,19)20/h4-9H,17H2,1-3H3. The van der Waals surface area contributed by atoms with Gasteiger partial charge >= 0.3 is 0 Å². The maximum absolute atomic E-state index is 12.6. The summed E-state index contributed by atoms with van der Waals surface area (Å²) in [5.74, 6) is -0.228. The number of aryl methyl sites for hydroxylation is 2. The van der Waals surface area contributed by atoms with Gasteiger partial charge in [-0.05, 0) is 43.7 Å². The van der Waals surface area contributed by atoms with Gasteiger partial charge in [-0.25, -0.2) is 8.42 Å². The third kappa shape index (κ3) is 3.31. The number of hydrogen-bond acceptors (Lipinski definition) is 4. The molecule has 2 aromatic rings. The average molecular weight is 303 g/mol. The summed E-state index contributed by atoms with van der Waals surface area (Å²) in [6.45, 7) is 3.74. The monoisotopic (exact) mass is 303 g/mol. The van der Waals surface area contributed by atoms with Gasteiger partial charge in [0, 0.05) is 23.1 Å². The highest BCUT2D eigenvalue weighted by Crippen LogP contribution is 2.21. The van der Waals surface area contributed by atoms with Gasteiger partial charge in [0.05, 0.1) is 4.90 Å². The number of anilines is 1. The van der Waals surface area contributed by atoms with Crippen molar-refractivity contribution in [3.05, 3.63) is 58.7 Å². The van der Waals surface area contributed by atoms with E-state index in [1.54, 1.807) is 6.07 Å². The minimum atomic E-state index is -3.41. The number of sulfone groups is 1. The third-order valence-electron chi connectivity index (χ3n) is 3.26. The molecule has 0 amide bonds. The molecule has 0 aliphatic rings. The summed E-state index contributed by atoms with van der Waals surface area (Å²) in [6.07, 6.45) is 1.09. The van der Waals surface area contributed by atoms with Crippen molar-refractivity contribution in [3.63, 3.8) is 0 Å². The minimum Gasteiger partial charge on any atom is -0.399 e. The van der Waals surface area contributed by atoms with Gasteiger partial charge in [0.25, 0.3) is 0 Å². The molecule has 0 radical (unpaired) electrons. The fraction of sp³-hybridized carbons (Fsp3) is 0.188. The molecule has 0 unspecified atom stereocenters. The number of nitrogen functional groups attached to an aromatic ring is 1. The van der Waals surface area contributed by atoms with Crippen molar-refractivity contribution in [2.75, 3.05) is 12.0 Å². The van der Waals surface area contributed by atoms with E-state index in [4.69, 9.17) is 5.73 Å². The van der Waals surface area contributed by atoms with Crippen LogP contribution in [0.5, 0.6) is 0 Å². The molecule has 0 aliphatic carbocycles. The highest BCUT2D eigenvalue weighted by molar-refractivity contribution is 7.90. The zero-order valence-electron chi connectivity index (χ0n) is 12.2. The van der Waals surface area contributed by atoms with Crippen molar-refractivity contribution < 1.29 is 13.2 Å². The van der Waals surface area contributed by atoms with E-state index in [1.807, 2.05) is 26.0 Å². The molecule has 0 fully saturated rings. The second kappa shape index (κ2) is 5.33. The molecular weight excluding hydrogens is 286 g/mol. The summed E-state index contributed by atoms with van der Waals surface area (Å²) in [7, 11) is -3.41. The van der Waals surface area contributed by atoms with E-state index in [0.717, 1.165) is 17.4 Å². The van der Waals surface area contributed by atoms with Crippen LogP contribution in [0.1, 0.15) is 27.0 Å². The lowest BCUT2D eigenvalue weighted by atomic mass is 9.97. The Labute approximate surface area is 124 Å². The molecule has 2 rings (SSSR count). The summed E-state index contributed by atoms with van der Waals surface area (Å²) in [4.78, 5) is 12.7. The lowest BCUT2D eigenvalue weighted by Gasteiger charge is -2.09. The van der Waals surface area contributed by atoms with E-state index in [1.165, 1.54) is 18.2 Å². The lowest BCUT2D eigenvalue weighted by Crippen LogP contribution is -2.07. The molecule has 2 aromatic carbocycles. The Balaban J connectivity index is 2.59. The Hall–Kier alpha value is -2.14. The first kappa shape index (κ1) is 15.3. The quantitative estimate of drug-likeness (QED) is 0.698. The van der Waals surface area contributed by atoms with Crippen LogP contribution in [0.2, 0.25) is 0 Å². The van der Waals surface area contributed by atoms with Crippen molar-refractivity contribution in [3.8, 4) is 0 Å². The Morgan fingerprint density at radius 1 is 1.05 bits per heavy atom. The van der Waals surface area contributed by atoms with E-state index < -0.39 is 9.84 Å². The van der Waals surface area contributed by atoms with E-state index >= 15 is 0 Å². The van der Waals surface area contributed by atoms with Crippen LogP contribution in [0.4, 0.5) is 5.69 Å². The second-order valence-corrected chi connectivity index (χ2v) is 7.23. The van der Waals surface area contributed by atoms with Crippen LogP contribution in [-0.2, 0) is 9.84 Å². The fourth-order valence-corrected chi connectivity index (χ4v) is 2.79. The smallest absolute Gasteiger partial charge is 0.193 e. The first-order valence-corrected chi connectivity index (χ1v) is 8.30. The van der Waals surface area contributed by atoms with Crippen LogP contribution < -0.4 is 5.73 Å². The van der Waals surface area contributed by atoms with Crippen LogP contribution in [0, 0.1) is 13.8 Å². The molecule has 0 heterocycles. The van der Waals surface area contributed by atoms with Gasteiger partial charge in [0.2, 0.25) is 0 Å². The number of benzene rings is 2. The van der Waals surface area contributed by atoms with Crippen molar-refractivity contribution in [2.24, 2.45) is 0 Å². The molecule has 0 aromatic heterocycles. The summed E-state index contributed by atoms with van der Waals surface area (Å²) in [6, 6.07) is 9.81. The van der Waals surface area contributed by atoms with E-state index in [-0.39, 0.29) is 21.9 Å². The fourth-order valence-electron chi connectivity index (χ4n) is 2.10. The topological polar surface area (TPSA) is 77.2 Å². The molecule has 21 heavy (non-hydrogen) atoms. The summed E-state index contributed by atoms with van der Waals surface area (Å²) in [5, 5.41) is 0. The molecule has 110 valence electrons. The molecule has 0 saturated carbocycles. The van der Waals surface area contributed by atoms with Crippen molar-refractivity contribution >= 4 is 21.3 Å². The number of carbonyl (C=O) groups is 1. The Kier molecular flexibility index (Phi) is 3.87. The van der Waals surface area contributed by atoms with Gasteiger partial charge in [-0.1, -0.05) is 17.7 Å². The zero-order chi connectivity index (χ0) is 15.8. The minimum absolute atomic E-state index is 0.0520. The highest BCUT2D eigenvalue weighted by Gasteiger charge is 2.16. The maximum Gasteiger partial charge on any atom is 0.193 e. The first-order chi connectivity index (χ1) is 9.68. The molecule has 4 nitrogen and oxygen atoms in total. The van der Waals surface area contributed by atoms with Crippen LogP contribution in [-0.4, -0.2) is 20.5 Å². The van der Waals surface area contributed by atoms with Crippen LogP contribution in [0.15, 0.2) is 41.3 Å². The van der Waals surface area contributed by atoms with E-state index in [0.29, 0.717) is 5.56 Å². The predicted molar refractivity (Wildman–Crippen MR) is 83.3 cm³/mol. The summed E-state index contributed by atoms with van der Waals surface area (Å²) in [5.41, 5.74) is 8.63.